The molecule has 0 atom stereocenters. The van der Waals surface area contributed by atoms with E-state index in [9.17, 15) is 9.59 Å². The van der Waals surface area contributed by atoms with Gasteiger partial charge in [-0.25, -0.2) is 4.79 Å². The first-order valence-electron chi connectivity index (χ1n) is 6.93. The van der Waals surface area contributed by atoms with E-state index in [2.05, 4.69) is 5.32 Å². The lowest BCUT2D eigenvalue weighted by atomic mass is 10.1. The summed E-state index contributed by atoms with van der Waals surface area (Å²) in [4.78, 5) is 23.2. The monoisotopic (exact) mass is 293 g/mol. The molecule has 0 radical (unpaired) electrons. The number of amides is 1. The minimum atomic E-state index is -0.554. The molecule has 0 aliphatic heterocycles. The Hall–Kier alpha value is -2.04. The average Bonchev–Trinajstić information content (AvgIpc) is 2.38. The number of hydrogen-bond donors (Lipinski definition) is 1. The number of rotatable bonds is 5. The Labute approximate surface area is 125 Å². The minimum Gasteiger partial charge on any atom is -0.496 e. The van der Waals surface area contributed by atoms with Crippen LogP contribution in [0.5, 0.6) is 5.75 Å². The van der Waals surface area contributed by atoms with Crippen molar-refractivity contribution in [2.75, 3.05) is 12.4 Å². The molecule has 0 saturated carbocycles. The number of nitrogens with one attached hydrogen (secondary N) is 1. The van der Waals surface area contributed by atoms with Gasteiger partial charge in [0, 0.05) is 30.2 Å². The van der Waals surface area contributed by atoms with Gasteiger partial charge in [0.05, 0.1) is 7.11 Å². The highest BCUT2D eigenvalue weighted by Gasteiger charge is 2.17. The van der Waals surface area contributed by atoms with Crippen LogP contribution in [0.4, 0.5) is 10.5 Å². The fourth-order valence-corrected chi connectivity index (χ4v) is 1.73. The van der Waals surface area contributed by atoms with Crippen molar-refractivity contribution in [3.05, 3.63) is 23.8 Å². The first-order chi connectivity index (χ1) is 9.75. The van der Waals surface area contributed by atoms with Gasteiger partial charge in [0.1, 0.15) is 17.1 Å². The molecule has 0 fully saturated rings. The smallest absolute Gasteiger partial charge is 0.412 e. The second kappa shape index (κ2) is 7.11. The summed E-state index contributed by atoms with van der Waals surface area (Å²) < 4.78 is 10.5. The van der Waals surface area contributed by atoms with E-state index >= 15 is 0 Å². The van der Waals surface area contributed by atoms with Crippen LogP contribution in [0.2, 0.25) is 0 Å². The zero-order valence-electron chi connectivity index (χ0n) is 13.3. The Bertz CT molecular complexity index is 517. The Morgan fingerprint density at radius 3 is 2.43 bits per heavy atom. The number of hydrogen-bond acceptors (Lipinski definition) is 4. The number of anilines is 1. The van der Waals surface area contributed by atoms with Gasteiger partial charge in [0.15, 0.2) is 0 Å². The molecule has 1 aromatic rings. The van der Waals surface area contributed by atoms with E-state index < -0.39 is 11.7 Å². The Kier molecular flexibility index (Phi) is 5.76. The average molecular weight is 293 g/mol. The second-order valence-electron chi connectivity index (χ2n) is 5.72. The summed E-state index contributed by atoms with van der Waals surface area (Å²) in [6.07, 6.45) is 0.287. The highest BCUT2D eigenvalue weighted by Crippen LogP contribution is 2.24. The number of carbonyl (C=O) groups excluding carboxylic acids is 2. The van der Waals surface area contributed by atoms with Gasteiger partial charge in [-0.2, -0.15) is 0 Å². The van der Waals surface area contributed by atoms with Crippen molar-refractivity contribution < 1.29 is 19.1 Å². The molecule has 1 N–H and O–H groups in total. The number of ether oxygens (including phenoxy) is 2. The quantitative estimate of drug-likeness (QED) is 0.901. The lowest BCUT2D eigenvalue weighted by Gasteiger charge is -2.20. The van der Waals surface area contributed by atoms with Gasteiger partial charge in [0.2, 0.25) is 0 Å². The lowest BCUT2D eigenvalue weighted by molar-refractivity contribution is -0.118. The van der Waals surface area contributed by atoms with Crippen LogP contribution < -0.4 is 10.1 Å². The van der Waals surface area contributed by atoms with E-state index in [0.29, 0.717) is 24.3 Å². The summed E-state index contributed by atoms with van der Waals surface area (Å²) in [5, 5.41) is 2.64. The highest BCUT2D eigenvalue weighted by molar-refractivity contribution is 5.86. The summed E-state index contributed by atoms with van der Waals surface area (Å²) in [7, 11) is 1.53. The van der Waals surface area contributed by atoms with Crippen molar-refractivity contribution in [1.82, 2.24) is 0 Å². The summed E-state index contributed by atoms with van der Waals surface area (Å²) in [5.74, 6) is 0.714. The van der Waals surface area contributed by atoms with Gasteiger partial charge in [-0.1, -0.05) is 13.0 Å². The minimum absolute atomic E-state index is 0.140. The number of ketones is 1. The van der Waals surface area contributed by atoms with Crippen molar-refractivity contribution in [1.29, 1.82) is 0 Å². The van der Waals surface area contributed by atoms with E-state index in [1.165, 1.54) is 7.11 Å². The molecule has 1 amide bonds. The van der Waals surface area contributed by atoms with Crippen LogP contribution in [0.1, 0.15) is 39.7 Å². The third-order valence-corrected chi connectivity index (χ3v) is 2.71. The van der Waals surface area contributed by atoms with E-state index in [1.807, 2.05) is 6.92 Å². The summed E-state index contributed by atoms with van der Waals surface area (Å²) in [6.45, 7) is 7.22. The van der Waals surface area contributed by atoms with Gasteiger partial charge in [-0.15, -0.1) is 0 Å². The predicted molar refractivity (Wildman–Crippen MR) is 81.9 cm³/mol. The maximum absolute atomic E-state index is 11.7. The molecule has 5 nitrogen and oxygen atoms in total. The molecule has 0 aliphatic carbocycles. The summed E-state index contributed by atoms with van der Waals surface area (Å²) in [5.41, 5.74) is 0.814. The molecule has 0 aliphatic rings. The van der Waals surface area contributed by atoms with E-state index in [1.54, 1.807) is 39.0 Å². The molecule has 21 heavy (non-hydrogen) atoms. The highest BCUT2D eigenvalue weighted by atomic mass is 16.6. The summed E-state index contributed by atoms with van der Waals surface area (Å²) in [6, 6.07) is 5.19. The topological polar surface area (TPSA) is 64.6 Å². The lowest BCUT2D eigenvalue weighted by Crippen LogP contribution is -2.27. The fourth-order valence-electron chi connectivity index (χ4n) is 1.73. The van der Waals surface area contributed by atoms with Gasteiger partial charge >= 0.3 is 6.09 Å². The molecular formula is C16H23NO4. The van der Waals surface area contributed by atoms with Gasteiger partial charge in [-0.05, 0) is 26.8 Å². The predicted octanol–water partition coefficient (Wildman–Crippen LogP) is 3.56. The molecule has 1 rings (SSSR count). The van der Waals surface area contributed by atoms with Crippen molar-refractivity contribution in [3.63, 3.8) is 0 Å². The molecular weight excluding hydrogens is 270 g/mol. The van der Waals surface area contributed by atoms with Crippen LogP contribution in [0, 0.1) is 0 Å². The van der Waals surface area contributed by atoms with Crippen LogP contribution in [-0.4, -0.2) is 24.6 Å². The van der Waals surface area contributed by atoms with Gasteiger partial charge < -0.3 is 9.47 Å². The Morgan fingerprint density at radius 2 is 1.90 bits per heavy atom. The number of carbonyl (C=O) groups is 2. The third-order valence-electron chi connectivity index (χ3n) is 2.71. The Morgan fingerprint density at radius 1 is 1.24 bits per heavy atom. The molecule has 0 aromatic heterocycles. The van der Waals surface area contributed by atoms with E-state index in [-0.39, 0.29) is 5.78 Å². The Balaban J connectivity index is 2.82. The normalized spacial score (nSPS) is 10.9. The van der Waals surface area contributed by atoms with Crippen molar-refractivity contribution >= 4 is 17.6 Å². The first-order valence-corrected chi connectivity index (χ1v) is 6.93. The molecule has 0 heterocycles. The van der Waals surface area contributed by atoms with Gasteiger partial charge in [0.25, 0.3) is 0 Å². The molecule has 116 valence electrons. The SMILES string of the molecule is CCC(=O)Cc1ccc(NC(=O)OC(C)(C)C)cc1OC. The number of benzene rings is 1. The molecule has 0 bridgehead atoms. The second-order valence-corrected chi connectivity index (χ2v) is 5.72. The standard InChI is InChI=1S/C16H23NO4/c1-6-13(18)9-11-7-8-12(10-14(11)20-5)17-15(19)21-16(2,3)4/h7-8,10H,6,9H2,1-5H3,(H,17,19). The van der Waals surface area contributed by atoms with E-state index in [0.717, 1.165) is 5.56 Å². The molecule has 0 spiro atoms. The van der Waals surface area contributed by atoms with Crippen molar-refractivity contribution in [2.45, 2.75) is 46.1 Å². The van der Waals surface area contributed by atoms with Crippen LogP contribution >= 0.6 is 0 Å². The van der Waals surface area contributed by atoms with Crippen molar-refractivity contribution in [2.24, 2.45) is 0 Å². The van der Waals surface area contributed by atoms with Crippen LogP contribution in [0.25, 0.3) is 0 Å². The zero-order chi connectivity index (χ0) is 16.0. The first kappa shape index (κ1) is 17.0. The van der Waals surface area contributed by atoms with Crippen LogP contribution in [0.3, 0.4) is 0 Å². The maximum atomic E-state index is 11.7. The third kappa shape index (κ3) is 5.85. The van der Waals surface area contributed by atoms with Gasteiger partial charge in [-0.3, -0.25) is 10.1 Å². The van der Waals surface area contributed by atoms with Crippen LogP contribution in [-0.2, 0) is 16.0 Å². The maximum Gasteiger partial charge on any atom is 0.412 e. The largest absolute Gasteiger partial charge is 0.496 e. The number of Topliss-reactive ketones (excluding diaryl/α,β-unsaturated/α-hetero) is 1. The van der Waals surface area contributed by atoms with Crippen LogP contribution in [0.15, 0.2) is 18.2 Å². The fraction of sp³-hybridized carbons (Fsp3) is 0.500. The van der Waals surface area contributed by atoms with Crippen molar-refractivity contribution in [3.8, 4) is 5.75 Å². The van der Waals surface area contributed by atoms with E-state index in [4.69, 9.17) is 9.47 Å². The molecule has 0 saturated heterocycles. The molecule has 1 aromatic carbocycles. The molecule has 5 heteroatoms. The molecule has 0 unspecified atom stereocenters. The number of methoxy groups -OCH3 is 1. The zero-order valence-corrected chi connectivity index (χ0v) is 13.3. The summed E-state index contributed by atoms with van der Waals surface area (Å²) >= 11 is 0.